The zero-order chi connectivity index (χ0) is 21.5. The van der Waals surface area contributed by atoms with Crippen LogP contribution in [0.2, 0.25) is 0 Å². The third-order valence-corrected chi connectivity index (χ3v) is 5.60. The van der Waals surface area contributed by atoms with Gasteiger partial charge in [0.2, 0.25) is 0 Å². The highest BCUT2D eigenvalue weighted by Crippen LogP contribution is 2.38. The van der Waals surface area contributed by atoms with E-state index in [-0.39, 0.29) is 23.1 Å². The first-order chi connectivity index (χ1) is 15.0. The summed E-state index contributed by atoms with van der Waals surface area (Å²) in [6.07, 6.45) is 5.33. The van der Waals surface area contributed by atoms with Gasteiger partial charge in [-0.05, 0) is 42.2 Å². The zero-order valence-electron chi connectivity index (χ0n) is 16.8. The third-order valence-electron chi connectivity index (χ3n) is 5.60. The van der Waals surface area contributed by atoms with E-state index in [1.165, 1.54) is 13.2 Å². The maximum absolute atomic E-state index is 13.1. The third kappa shape index (κ3) is 3.81. The molecule has 0 spiro atoms. The molecular formula is C22H21F2N3O4. The summed E-state index contributed by atoms with van der Waals surface area (Å²) in [6, 6.07) is 7.08. The second-order valence-electron chi connectivity index (χ2n) is 7.76. The molecule has 9 heteroatoms. The molecule has 0 radical (unpaired) electrons. The van der Waals surface area contributed by atoms with Gasteiger partial charge in [0.25, 0.3) is 5.91 Å². The number of hydrogen-bond donors (Lipinski definition) is 1. The van der Waals surface area contributed by atoms with Crippen LogP contribution < -0.4 is 14.8 Å². The van der Waals surface area contributed by atoms with E-state index in [1.54, 1.807) is 16.8 Å². The van der Waals surface area contributed by atoms with Crippen LogP contribution in [0.15, 0.2) is 36.7 Å². The van der Waals surface area contributed by atoms with Crippen LogP contribution in [0.4, 0.5) is 8.78 Å². The lowest BCUT2D eigenvalue weighted by atomic mass is 9.98. The molecule has 5 rings (SSSR count). The number of hydrogen-bond acceptors (Lipinski definition) is 5. The van der Waals surface area contributed by atoms with Crippen molar-refractivity contribution in [2.24, 2.45) is 0 Å². The number of methoxy groups -OCH3 is 1. The molecule has 1 saturated heterocycles. The average Bonchev–Trinajstić information content (AvgIpc) is 3.41. The first kappa shape index (κ1) is 19.7. The van der Waals surface area contributed by atoms with Crippen molar-refractivity contribution in [3.8, 4) is 22.6 Å². The molecule has 0 unspecified atom stereocenters. The Balaban J connectivity index is 1.57. The van der Waals surface area contributed by atoms with E-state index in [0.717, 1.165) is 23.9 Å². The minimum absolute atomic E-state index is 0.0396. The summed E-state index contributed by atoms with van der Waals surface area (Å²) in [5, 5.41) is 7.21. The first-order valence-corrected chi connectivity index (χ1v) is 10.1. The smallest absolute Gasteiger partial charge is 0.387 e. The summed E-state index contributed by atoms with van der Waals surface area (Å²) in [5.41, 5.74) is 3.15. The van der Waals surface area contributed by atoms with E-state index >= 15 is 0 Å². The van der Waals surface area contributed by atoms with Crippen molar-refractivity contribution in [1.29, 1.82) is 0 Å². The molecule has 1 aliphatic heterocycles. The number of fused-ring (bicyclic) bond motifs is 1. The zero-order valence-corrected chi connectivity index (χ0v) is 16.8. The number of aromatic nitrogens is 2. The fourth-order valence-electron chi connectivity index (χ4n) is 3.70. The molecule has 3 heterocycles. The molecule has 31 heavy (non-hydrogen) atoms. The predicted molar refractivity (Wildman–Crippen MR) is 108 cm³/mol. The van der Waals surface area contributed by atoms with Crippen molar-refractivity contribution < 1.29 is 27.8 Å². The highest BCUT2D eigenvalue weighted by Gasteiger charge is 2.29. The Bertz CT molecular complexity index is 1140. The molecule has 1 aliphatic carbocycles. The number of benzene rings is 1. The normalized spacial score (nSPS) is 16.4. The number of pyridine rings is 1. The number of carbonyl (C=O) groups is 1. The van der Waals surface area contributed by atoms with Crippen LogP contribution in [-0.4, -0.2) is 48.5 Å². The van der Waals surface area contributed by atoms with Crippen molar-refractivity contribution in [1.82, 2.24) is 14.9 Å². The number of rotatable bonds is 7. The lowest BCUT2D eigenvalue weighted by molar-refractivity contribution is -0.0502. The molecule has 1 amide bonds. The van der Waals surface area contributed by atoms with Gasteiger partial charge in [-0.2, -0.15) is 13.9 Å². The number of nitrogens with one attached hydrogen (secondary N) is 1. The van der Waals surface area contributed by atoms with Gasteiger partial charge in [-0.1, -0.05) is 6.07 Å². The quantitative estimate of drug-likeness (QED) is 0.621. The van der Waals surface area contributed by atoms with Crippen molar-refractivity contribution in [3.63, 3.8) is 0 Å². The van der Waals surface area contributed by atoms with Crippen LogP contribution in [0.3, 0.4) is 0 Å². The van der Waals surface area contributed by atoms with Crippen LogP contribution in [0.25, 0.3) is 16.6 Å². The minimum atomic E-state index is -3.08. The van der Waals surface area contributed by atoms with Crippen LogP contribution in [0, 0.1) is 0 Å². The molecule has 0 bridgehead atoms. The van der Waals surface area contributed by atoms with Crippen molar-refractivity contribution in [2.45, 2.75) is 31.4 Å². The lowest BCUT2D eigenvalue weighted by Crippen LogP contribution is -2.26. The van der Waals surface area contributed by atoms with E-state index in [2.05, 4.69) is 10.4 Å². The van der Waals surface area contributed by atoms with E-state index < -0.39 is 12.5 Å². The first-order valence-electron chi connectivity index (χ1n) is 10.1. The molecule has 1 saturated carbocycles. The topological polar surface area (TPSA) is 74.1 Å². The molecule has 1 N–H and O–H groups in total. The molecule has 162 valence electrons. The van der Waals surface area contributed by atoms with Gasteiger partial charge < -0.3 is 19.5 Å². The Hall–Kier alpha value is -3.20. The second kappa shape index (κ2) is 7.81. The van der Waals surface area contributed by atoms with Gasteiger partial charge in [0, 0.05) is 23.7 Å². The summed E-state index contributed by atoms with van der Waals surface area (Å²) < 4.78 is 43.4. The van der Waals surface area contributed by atoms with Crippen LogP contribution in [-0.2, 0) is 4.74 Å². The largest absolute Gasteiger partial charge is 0.496 e. The molecule has 2 aliphatic rings. The molecule has 1 aromatic carbocycles. The lowest BCUT2D eigenvalue weighted by Gasteiger charge is -2.26. The number of alkyl halides is 2. The van der Waals surface area contributed by atoms with Gasteiger partial charge in [-0.3, -0.25) is 4.79 Å². The van der Waals surface area contributed by atoms with Gasteiger partial charge in [-0.25, -0.2) is 4.52 Å². The standard InChI is InChI=1S/C22H21F2N3O4/c1-29-18-6-13(7-19(31-22(23)24)20(18)21(28)26-15-3-4-15)16-8-25-27-9-12(2-5-17(16)27)14-10-30-11-14/h2,5-9,14-15,22H,3-4,10-11H2,1H3,(H,26,28). The maximum atomic E-state index is 13.1. The van der Waals surface area contributed by atoms with Gasteiger partial charge in [0.05, 0.1) is 32.0 Å². The van der Waals surface area contributed by atoms with E-state index in [0.29, 0.717) is 30.3 Å². The molecule has 7 nitrogen and oxygen atoms in total. The number of ether oxygens (including phenoxy) is 3. The summed E-state index contributed by atoms with van der Waals surface area (Å²) in [6.45, 7) is -1.70. The maximum Gasteiger partial charge on any atom is 0.387 e. The summed E-state index contributed by atoms with van der Waals surface area (Å²) >= 11 is 0. The van der Waals surface area contributed by atoms with Gasteiger partial charge in [0.1, 0.15) is 17.1 Å². The highest BCUT2D eigenvalue weighted by atomic mass is 19.3. The van der Waals surface area contributed by atoms with Crippen LogP contribution in [0.5, 0.6) is 11.5 Å². The Kier molecular flexibility index (Phi) is 4.97. The highest BCUT2D eigenvalue weighted by molar-refractivity contribution is 6.01. The van der Waals surface area contributed by atoms with Crippen LogP contribution in [0.1, 0.15) is 34.7 Å². The number of halogens is 2. The molecule has 2 aromatic heterocycles. The number of nitrogens with zero attached hydrogens (tertiary/aromatic N) is 2. The number of carbonyl (C=O) groups excluding carboxylic acids is 1. The van der Waals surface area contributed by atoms with E-state index in [1.807, 2.05) is 18.3 Å². The van der Waals surface area contributed by atoms with E-state index in [9.17, 15) is 13.6 Å². The fourth-order valence-corrected chi connectivity index (χ4v) is 3.70. The van der Waals surface area contributed by atoms with Gasteiger partial charge in [0.15, 0.2) is 0 Å². The molecular weight excluding hydrogens is 408 g/mol. The van der Waals surface area contributed by atoms with Crippen LogP contribution >= 0.6 is 0 Å². The van der Waals surface area contributed by atoms with Crippen molar-refractivity contribution in [3.05, 3.63) is 47.8 Å². The predicted octanol–water partition coefficient (Wildman–Crippen LogP) is 3.62. The SMILES string of the molecule is COc1cc(-c2cnn3cc(C4COC4)ccc23)cc(OC(F)F)c1C(=O)NC1CC1. The second-order valence-corrected chi connectivity index (χ2v) is 7.76. The van der Waals surface area contributed by atoms with Gasteiger partial charge in [-0.15, -0.1) is 0 Å². The monoisotopic (exact) mass is 429 g/mol. The van der Waals surface area contributed by atoms with Crippen molar-refractivity contribution in [2.75, 3.05) is 20.3 Å². The Morgan fingerprint density at radius 3 is 2.68 bits per heavy atom. The number of amides is 1. The molecule has 2 fully saturated rings. The van der Waals surface area contributed by atoms with E-state index in [4.69, 9.17) is 14.2 Å². The van der Waals surface area contributed by atoms with Gasteiger partial charge >= 0.3 is 6.61 Å². The fraction of sp³-hybridized carbons (Fsp3) is 0.364. The Morgan fingerprint density at radius 2 is 2.03 bits per heavy atom. The summed E-state index contributed by atoms with van der Waals surface area (Å²) in [4.78, 5) is 12.7. The summed E-state index contributed by atoms with van der Waals surface area (Å²) in [7, 11) is 1.39. The van der Waals surface area contributed by atoms with Crippen molar-refractivity contribution >= 4 is 11.4 Å². The average molecular weight is 429 g/mol. The summed E-state index contributed by atoms with van der Waals surface area (Å²) in [5.74, 6) is -0.208. The molecule has 3 aromatic rings. The molecule has 0 atom stereocenters. The Morgan fingerprint density at radius 1 is 1.26 bits per heavy atom. The minimum Gasteiger partial charge on any atom is -0.496 e. The Labute approximate surface area is 176 Å².